The Morgan fingerprint density at radius 2 is 2.33 bits per heavy atom. The standard InChI is InChI=1S/C11H18N2O2/c1-3-9-4-5-10(15-9)11(14)13-7-8(2)6-12/h4-5,8H,3,6-7,12H2,1-2H3,(H,13,14). The third kappa shape index (κ3) is 3.40. The highest BCUT2D eigenvalue weighted by Crippen LogP contribution is 2.08. The number of hydrogen-bond acceptors (Lipinski definition) is 3. The van der Waals surface area contributed by atoms with E-state index in [-0.39, 0.29) is 11.8 Å². The summed E-state index contributed by atoms with van der Waals surface area (Å²) in [5.41, 5.74) is 5.45. The van der Waals surface area contributed by atoms with Crippen LogP contribution in [0.2, 0.25) is 0 Å². The van der Waals surface area contributed by atoms with Crippen LogP contribution in [0.3, 0.4) is 0 Å². The van der Waals surface area contributed by atoms with Gasteiger partial charge < -0.3 is 15.5 Å². The fourth-order valence-corrected chi connectivity index (χ4v) is 1.13. The van der Waals surface area contributed by atoms with E-state index >= 15 is 0 Å². The summed E-state index contributed by atoms with van der Waals surface area (Å²) >= 11 is 0. The average Bonchev–Trinajstić information content (AvgIpc) is 2.73. The number of nitrogens with two attached hydrogens (primary N) is 1. The molecule has 0 aromatic carbocycles. The normalized spacial score (nSPS) is 12.5. The largest absolute Gasteiger partial charge is 0.456 e. The van der Waals surface area contributed by atoms with E-state index in [4.69, 9.17) is 10.2 Å². The van der Waals surface area contributed by atoms with Crippen molar-refractivity contribution in [2.24, 2.45) is 11.7 Å². The summed E-state index contributed by atoms with van der Waals surface area (Å²) < 4.78 is 5.32. The van der Waals surface area contributed by atoms with Gasteiger partial charge in [-0.15, -0.1) is 0 Å². The van der Waals surface area contributed by atoms with Crippen LogP contribution in [-0.2, 0) is 6.42 Å². The van der Waals surface area contributed by atoms with Crippen LogP contribution in [0.25, 0.3) is 0 Å². The zero-order valence-corrected chi connectivity index (χ0v) is 9.25. The van der Waals surface area contributed by atoms with Gasteiger partial charge in [0.15, 0.2) is 5.76 Å². The van der Waals surface area contributed by atoms with Crippen LogP contribution >= 0.6 is 0 Å². The van der Waals surface area contributed by atoms with Gasteiger partial charge in [-0.05, 0) is 24.6 Å². The first kappa shape index (κ1) is 11.8. The number of nitrogens with one attached hydrogen (secondary N) is 1. The average molecular weight is 210 g/mol. The Hall–Kier alpha value is -1.29. The van der Waals surface area contributed by atoms with Gasteiger partial charge in [-0.2, -0.15) is 0 Å². The summed E-state index contributed by atoms with van der Waals surface area (Å²) in [7, 11) is 0. The van der Waals surface area contributed by atoms with E-state index in [1.165, 1.54) is 0 Å². The van der Waals surface area contributed by atoms with Crippen LogP contribution < -0.4 is 11.1 Å². The first-order valence-corrected chi connectivity index (χ1v) is 5.24. The van der Waals surface area contributed by atoms with Crippen molar-refractivity contribution in [2.45, 2.75) is 20.3 Å². The second kappa shape index (κ2) is 5.56. The van der Waals surface area contributed by atoms with Crippen molar-refractivity contribution in [3.05, 3.63) is 23.7 Å². The molecule has 0 aliphatic rings. The molecule has 3 N–H and O–H groups in total. The number of carbonyl (C=O) groups excluding carboxylic acids is 1. The van der Waals surface area contributed by atoms with Crippen molar-refractivity contribution in [2.75, 3.05) is 13.1 Å². The van der Waals surface area contributed by atoms with Gasteiger partial charge in [-0.3, -0.25) is 4.79 Å². The predicted molar refractivity (Wildman–Crippen MR) is 58.6 cm³/mol. The van der Waals surface area contributed by atoms with E-state index in [0.29, 0.717) is 18.8 Å². The zero-order chi connectivity index (χ0) is 11.3. The van der Waals surface area contributed by atoms with Gasteiger partial charge in [0.2, 0.25) is 0 Å². The fraction of sp³-hybridized carbons (Fsp3) is 0.545. The molecule has 0 radical (unpaired) electrons. The Morgan fingerprint density at radius 1 is 1.60 bits per heavy atom. The zero-order valence-electron chi connectivity index (χ0n) is 9.25. The molecule has 1 amide bonds. The number of hydrogen-bond donors (Lipinski definition) is 2. The van der Waals surface area contributed by atoms with Crippen molar-refractivity contribution in [3.8, 4) is 0 Å². The Balaban J connectivity index is 2.46. The second-order valence-corrected chi connectivity index (χ2v) is 3.67. The SMILES string of the molecule is CCc1ccc(C(=O)NCC(C)CN)o1. The minimum Gasteiger partial charge on any atom is -0.456 e. The van der Waals surface area contributed by atoms with Gasteiger partial charge in [0.25, 0.3) is 5.91 Å². The lowest BCUT2D eigenvalue weighted by atomic mass is 10.2. The molecule has 0 aliphatic carbocycles. The maximum atomic E-state index is 11.5. The van der Waals surface area contributed by atoms with Crippen LogP contribution in [0.5, 0.6) is 0 Å². The highest BCUT2D eigenvalue weighted by molar-refractivity contribution is 5.91. The monoisotopic (exact) mass is 210 g/mol. The quantitative estimate of drug-likeness (QED) is 0.766. The molecule has 1 heterocycles. The van der Waals surface area contributed by atoms with Crippen molar-refractivity contribution in [1.82, 2.24) is 5.32 Å². The number of rotatable bonds is 5. The number of furan rings is 1. The summed E-state index contributed by atoms with van der Waals surface area (Å²) in [6.45, 7) is 5.12. The van der Waals surface area contributed by atoms with E-state index in [1.54, 1.807) is 6.07 Å². The molecule has 0 saturated carbocycles. The summed E-state index contributed by atoms with van der Waals surface area (Å²) in [5, 5.41) is 2.77. The minimum absolute atomic E-state index is 0.171. The number of aryl methyl sites for hydroxylation is 1. The topological polar surface area (TPSA) is 68.3 Å². The van der Waals surface area contributed by atoms with E-state index in [2.05, 4.69) is 5.32 Å². The lowest BCUT2D eigenvalue weighted by Crippen LogP contribution is -2.30. The molecule has 1 atom stereocenters. The lowest BCUT2D eigenvalue weighted by molar-refractivity contribution is 0.0919. The molecule has 0 bridgehead atoms. The van der Waals surface area contributed by atoms with Gasteiger partial charge in [0.05, 0.1) is 0 Å². The van der Waals surface area contributed by atoms with Crippen molar-refractivity contribution >= 4 is 5.91 Å². The molecular weight excluding hydrogens is 192 g/mol. The molecule has 1 unspecified atom stereocenters. The Labute approximate surface area is 89.8 Å². The molecule has 0 spiro atoms. The van der Waals surface area contributed by atoms with Gasteiger partial charge in [0, 0.05) is 13.0 Å². The maximum Gasteiger partial charge on any atom is 0.287 e. The van der Waals surface area contributed by atoms with E-state index in [9.17, 15) is 4.79 Å². The summed E-state index contributed by atoms with van der Waals surface area (Å²) in [5.74, 6) is 1.31. The molecule has 0 fully saturated rings. The Bertz CT molecular complexity index is 320. The van der Waals surface area contributed by atoms with Gasteiger partial charge in [-0.1, -0.05) is 13.8 Å². The first-order chi connectivity index (χ1) is 7.17. The molecule has 0 saturated heterocycles. The summed E-state index contributed by atoms with van der Waals surface area (Å²) in [6, 6.07) is 3.52. The highest BCUT2D eigenvalue weighted by Gasteiger charge is 2.10. The molecule has 4 heteroatoms. The molecule has 1 aromatic heterocycles. The van der Waals surface area contributed by atoms with Crippen LogP contribution in [-0.4, -0.2) is 19.0 Å². The molecule has 84 valence electrons. The smallest absolute Gasteiger partial charge is 0.287 e. The minimum atomic E-state index is -0.171. The van der Waals surface area contributed by atoms with E-state index in [0.717, 1.165) is 12.2 Å². The third-order valence-electron chi connectivity index (χ3n) is 2.25. The second-order valence-electron chi connectivity index (χ2n) is 3.67. The number of amides is 1. The number of carbonyl (C=O) groups is 1. The molecule has 1 aromatic rings. The van der Waals surface area contributed by atoms with E-state index in [1.807, 2.05) is 19.9 Å². The Kier molecular flexibility index (Phi) is 4.37. The third-order valence-corrected chi connectivity index (χ3v) is 2.25. The van der Waals surface area contributed by atoms with Crippen molar-refractivity contribution < 1.29 is 9.21 Å². The Morgan fingerprint density at radius 3 is 2.87 bits per heavy atom. The van der Waals surface area contributed by atoms with Crippen molar-refractivity contribution in [1.29, 1.82) is 0 Å². The molecule has 1 rings (SSSR count). The predicted octanol–water partition coefficient (Wildman–Crippen LogP) is 1.17. The maximum absolute atomic E-state index is 11.5. The lowest BCUT2D eigenvalue weighted by Gasteiger charge is -2.08. The van der Waals surface area contributed by atoms with Crippen molar-refractivity contribution in [3.63, 3.8) is 0 Å². The molecule has 4 nitrogen and oxygen atoms in total. The summed E-state index contributed by atoms with van der Waals surface area (Å²) in [6.07, 6.45) is 0.798. The fourth-order valence-electron chi connectivity index (χ4n) is 1.13. The van der Waals surface area contributed by atoms with Gasteiger partial charge >= 0.3 is 0 Å². The van der Waals surface area contributed by atoms with Gasteiger partial charge in [0.1, 0.15) is 5.76 Å². The summed E-state index contributed by atoms with van der Waals surface area (Å²) in [4.78, 5) is 11.5. The van der Waals surface area contributed by atoms with Crippen LogP contribution in [0.15, 0.2) is 16.5 Å². The van der Waals surface area contributed by atoms with Crippen LogP contribution in [0.1, 0.15) is 30.2 Å². The molecule has 15 heavy (non-hydrogen) atoms. The molecular formula is C11H18N2O2. The molecule has 0 aliphatic heterocycles. The van der Waals surface area contributed by atoms with E-state index < -0.39 is 0 Å². The van der Waals surface area contributed by atoms with Crippen LogP contribution in [0, 0.1) is 5.92 Å². The van der Waals surface area contributed by atoms with Gasteiger partial charge in [-0.25, -0.2) is 0 Å². The first-order valence-electron chi connectivity index (χ1n) is 5.24. The highest BCUT2D eigenvalue weighted by atomic mass is 16.3. The van der Waals surface area contributed by atoms with Crippen LogP contribution in [0.4, 0.5) is 0 Å².